The highest BCUT2D eigenvalue weighted by Gasteiger charge is 2.33. The molecular formula is C19H36N2O5. The number of rotatable bonds is 11. The van der Waals surface area contributed by atoms with E-state index in [-0.39, 0.29) is 17.7 Å². The summed E-state index contributed by atoms with van der Waals surface area (Å²) in [6, 6.07) is 0. The Morgan fingerprint density at radius 2 is 1.92 bits per heavy atom. The number of hydrogen-bond donors (Lipinski definition) is 1. The van der Waals surface area contributed by atoms with Gasteiger partial charge in [0, 0.05) is 6.61 Å². The van der Waals surface area contributed by atoms with E-state index in [0.29, 0.717) is 25.6 Å². The van der Waals surface area contributed by atoms with Crippen LogP contribution in [0, 0.1) is 5.92 Å². The number of esters is 1. The Balaban J connectivity index is 2.58. The van der Waals surface area contributed by atoms with Crippen LogP contribution >= 0.6 is 0 Å². The van der Waals surface area contributed by atoms with Crippen molar-refractivity contribution < 1.29 is 29.1 Å². The Bertz CT molecular complexity index is 436. The van der Waals surface area contributed by atoms with Crippen LogP contribution in [0.15, 0.2) is 5.10 Å². The molecule has 7 heteroatoms. The van der Waals surface area contributed by atoms with Crippen molar-refractivity contribution in [1.82, 2.24) is 0 Å². The van der Waals surface area contributed by atoms with Crippen molar-refractivity contribution in [3.63, 3.8) is 0 Å². The minimum Gasteiger partial charge on any atom is -0.850 e. The first-order valence-corrected chi connectivity index (χ1v) is 9.93. The predicted molar refractivity (Wildman–Crippen MR) is 98.3 cm³/mol. The molecule has 0 spiro atoms. The van der Waals surface area contributed by atoms with Crippen LogP contribution in [0.4, 0.5) is 0 Å². The molecule has 0 saturated carbocycles. The molecule has 2 unspecified atom stereocenters. The molecule has 1 heterocycles. The first kappa shape index (κ1) is 22.9. The number of methoxy groups -OCH3 is 1. The lowest BCUT2D eigenvalue weighted by molar-refractivity contribution is -0.942. The van der Waals surface area contributed by atoms with Crippen LogP contribution in [0.25, 0.3) is 0 Å². The molecule has 1 N–H and O–H groups in total. The van der Waals surface area contributed by atoms with Gasteiger partial charge in [0.1, 0.15) is 31.6 Å². The number of piperidine rings is 1. The molecule has 0 amide bonds. The van der Waals surface area contributed by atoms with E-state index in [1.165, 1.54) is 20.0 Å². The minimum atomic E-state index is -0.958. The van der Waals surface area contributed by atoms with Gasteiger partial charge in [-0.05, 0) is 31.6 Å². The van der Waals surface area contributed by atoms with Gasteiger partial charge in [0.2, 0.25) is 0 Å². The SMILES string of the molecule is CCCCC(CC)COCC(O)C[N+]1(/N=C(\[O-])C(=O)OC)CCCCC1. The van der Waals surface area contributed by atoms with Gasteiger partial charge in [-0.25, -0.2) is 4.79 Å². The third-order valence-corrected chi connectivity index (χ3v) is 5.07. The standard InChI is InChI=1S/C19H36N2O5/c1-4-6-10-16(5-2)14-26-15-17(22)13-21(11-8-7-9-12-21)20-18(23)19(24)25-3/h16-17,22H,4-15H2,1-3H3. The van der Waals surface area contributed by atoms with Gasteiger partial charge in [0.25, 0.3) is 0 Å². The van der Waals surface area contributed by atoms with Crippen molar-refractivity contribution in [2.75, 3.05) is 40.0 Å². The third kappa shape index (κ3) is 8.01. The number of ether oxygens (including phenoxy) is 2. The maximum absolute atomic E-state index is 11.9. The number of carbonyl (C=O) groups excluding carboxylic acids is 1. The maximum Gasteiger partial charge on any atom is 0.347 e. The van der Waals surface area contributed by atoms with E-state index in [9.17, 15) is 15.0 Å². The monoisotopic (exact) mass is 372 g/mol. The van der Waals surface area contributed by atoms with Gasteiger partial charge < -0.3 is 19.7 Å². The van der Waals surface area contributed by atoms with E-state index in [1.54, 1.807) is 0 Å². The highest BCUT2D eigenvalue weighted by atomic mass is 16.5. The molecule has 1 saturated heterocycles. The van der Waals surface area contributed by atoms with Crippen LogP contribution in [0.3, 0.4) is 0 Å². The number of carbonyl (C=O) groups is 1. The molecule has 26 heavy (non-hydrogen) atoms. The van der Waals surface area contributed by atoms with Gasteiger partial charge in [-0.3, -0.25) is 0 Å². The van der Waals surface area contributed by atoms with Crippen molar-refractivity contribution in [3.05, 3.63) is 0 Å². The smallest absolute Gasteiger partial charge is 0.347 e. The summed E-state index contributed by atoms with van der Waals surface area (Å²) < 4.78 is 10.3. The molecule has 0 radical (unpaired) electrons. The molecule has 1 rings (SSSR count). The largest absolute Gasteiger partial charge is 0.850 e. The number of likely N-dealkylation sites (tertiary alicyclic amines) is 1. The number of hydrogen-bond acceptors (Lipinski definition) is 6. The van der Waals surface area contributed by atoms with Crippen molar-refractivity contribution in [2.24, 2.45) is 11.0 Å². The zero-order chi connectivity index (χ0) is 19.4. The summed E-state index contributed by atoms with van der Waals surface area (Å²) in [6.45, 7) is 6.79. The van der Waals surface area contributed by atoms with Crippen molar-refractivity contribution in [2.45, 2.75) is 64.9 Å². The van der Waals surface area contributed by atoms with Gasteiger partial charge in [0.15, 0.2) is 0 Å². The number of nitrogens with zero attached hydrogens (tertiary/aromatic N) is 2. The van der Waals surface area contributed by atoms with Crippen LogP contribution in [-0.2, 0) is 14.3 Å². The molecule has 152 valence electrons. The van der Waals surface area contributed by atoms with Gasteiger partial charge in [-0.2, -0.15) is 4.59 Å². The zero-order valence-corrected chi connectivity index (χ0v) is 16.6. The molecule has 0 bridgehead atoms. The quantitative estimate of drug-likeness (QED) is 0.256. The van der Waals surface area contributed by atoms with Gasteiger partial charge in [-0.15, -0.1) is 0 Å². The third-order valence-electron chi connectivity index (χ3n) is 5.07. The lowest BCUT2D eigenvalue weighted by Gasteiger charge is -2.37. The Morgan fingerprint density at radius 3 is 2.50 bits per heavy atom. The summed E-state index contributed by atoms with van der Waals surface area (Å²) in [6.07, 6.45) is 6.77. The number of quaternary nitrogens is 1. The molecule has 0 aromatic carbocycles. The number of aliphatic hydroxyl groups excluding tert-OH is 1. The van der Waals surface area contributed by atoms with E-state index in [0.717, 1.165) is 32.1 Å². The highest BCUT2D eigenvalue weighted by Crippen LogP contribution is 2.21. The van der Waals surface area contributed by atoms with E-state index in [2.05, 4.69) is 23.7 Å². The number of aliphatic hydroxyl groups is 1. The van der Waals surface area contributed by atoms with E-state index >= 15 is 0 Å². The molecule has 7 nitrogen and oxygen atoms in total. The fourth-order valence-electron chi connectivity index (χ4n) is 3.46. The molecule has 0 aromatic heterocycles. The summed E-state index contributed by atoms with van der Waals surface area (Å²) >= 11 is 0. The van der Waals surface area contributed by atoms with Crippen LogP contribution in [0.2, 0.25) is 0 Å². The van der Waals surface area contributed by atoms with Crippen LogP contribution in [0.1, 0.15) is 58.8 Å². The molecule has 0 aliphatic carbocycles. The Morgan fingerprint density at radius 1 is 1.23 bits per heavy atom. The second-order valence-electron chi connectivity index (χ2n) is 7.29. The maximum atomic E-state index is 11.9. The molecule has 2 atom stereocenters. The summed E-state index contributed by atoms with van der Waals surface area (Å²) in [5.41, 5.74) is 0. The van der Waals surface area contributed by atoms with Gasteiger partial charge in [-0.1, -0.05) is 38.2 Å². The molecule has 1 aliphatic rings. The normalized spacial score (nSPS) is 19.8. The molecule has 1 aliphatic heterocycles. The van der Waals surface area contributed by atoms with E-state index in [4.69, 9.17) is 4.74 Å². The van der Waals surface area contributed by atoms with Crippen molar-refractivity contribution in [3.8, 4) is 0 Å². The topological polar surface area (TPSA) is 91.2 Å². The lowest BCUT2D eigenvalue weighted by atomic mass is 10.0. The average Bonchev–Trinajstić information content (AvgIpc) is 2.64. The zero-order valence-electron chi connectivity index (χ0n) is 16.6. The van der Waals surface area contributed by atoms with Crippen LogP contribution in [-0.4, -0.2) is 67.6 Å². The summed E-state index contributed by atoms with van der Waals surface area (Å²) in [7, 11) is 1.17. The number of unbranched alkanes of at least 4 members (excludes halogenated alkanes) is 1. The van der Waals surface area contributed by atoms with Crippen LogP contribution in [0.5, 0.6) is 0 Å². The lowest BCUT2D eigenvalue weighted by Crippen LogP contribution is -2.54. The Kier molecular flexibility index (Phi) is 10.8. The van der Waals surface area contributed by atoms with Crippen LogP contribution < -0.4 is 5.11 Å². The fraction of sp³-hybridized carbons (Fsp3) is 0.895. The van der Waals surface area contributed by atoms with Gasteiger partial charge >= 0.3 is 5.97 Å². The van der Waals surface area contributed by atoms with E-state index < -0.39 is 18.0 Å². The molecular weight excluding hydrogens is 336 g/mol. The summed E-state index contributed by atoms with van der Waals surface area (Å²) in [5.74, 6) is -1.32. The van der Waals surface area contributed by atoms with Crippen molar-refractivity contribution in [1.29, 1.82) is 0 Å². The minimum absolute atomic E-state index is 0.0888. The highest BCUT2D eigenvalue weighted by molar-refractivity contribution is 6.30. The van der Waals surface area contributed by atoms with E-state index in [1.807, 2.05) is 0 Å². The Labute approximate surface area is 157 Å². The second kappa shape index (κ2) is 12.3. The summed E-state index contributed by atoms with van der Waals surface area (Å²) in [4.78, 5) is 11.4. The molecule has 1 fully saturated rings. The van der Waals surface area contributed by atoms with Gasteiger partial charge in [0.05, 0.1) is 13.7 Å². The van der Waals surface area contributed by atoms with Crippen molar-refractivity contribution >= 4 is 11.9 Å². The summed E-state index contributed by atoms with van der Waals surface area (Å²) in [5, 5.41) is 26.4. The molecule has 0 aromatic rings. The predicted octanol–water partition coefficient (Wildman–Crippen LogP) is 1.43. The fourth-order valence-corrected chi connectivity index (χ4v) is 3.46. The second-order valence-corrected chi connectivity index (χ2v) is 7.29. The average molecular weight is 373 g/mol. The first-order chi connectivity index (χ1) is 12.5. The first-order valence-electron chi connectivity index (χ1n) is 9.93. The Hall–Kier alpha value is -1.18.